The lowest BCUT2D eigenvalue weighted by atomic mass is 10.2. The second-order valence-electron chi connectivity index (χ2n) is 2.48. The highest BCUT2D eigenvalue weighted by atomic mass is 15.0. The van der Waals surface area contributed by atoms with Crippen LogP contribution in [-0.4, -0.2) is 25.5 Å². The minimum atomic E-state index is 0.616. The lowest BCUT2D eigenvalue weighted by Crippen LogP contribution is -2.17. The third-order valence-corrected chi connectivity index (χ3v) is 1.06. The van der Waals surface area contributed by atoms with Crippen molar-refractivity contribution in [3.8, 4) is 0 Å². The summed E-state index contributed by atoms with van der Waals surface area (Å²) < 4.78 is 0. The van der Waals surface area contributed by atoms with Crippen molar-refractivity contribution in [3.63, 3.8) is 0 Å². The molecule has 0 saturated heterocycles. The average Bonchev–Trinajstić information content (AvgIpc) is 1.65. The van der Waals surface area contributed by atoms with Gasteiger partial charge in [0.05, 0.1) is 0 Å². The number of rotatable bonds is 3. The Kier molecular flexibility index (Phi) is 3.53. The van der Waals surface area contributed by atoms with Crippen molar-refractivity contribution in [1.29, 1.82) is 0 Å². The van der Waals surface area contributed by atoms with E-state index in [0.29, 0.717) is 5.92 Å². The van der Waals surface area contributed by atoms with E-state index in [1.54, 1.807) is 0 Å². The van der Waals surface area contributed by atoms with Gasteiger partial charge in [-0.2, -0.15) is 0 Å². The summed E-state index contributed by atoms with van der Waals surface area (Å²) in [7, 11) is 4.14. The second kappa shape index (κ2) is 3.67. The molecule has 0 amide bonds. The molecule has 8 heavy (non-hydrogen) atoms. The molecule has 0 unspecified atom stereocenters. The van der Waals surface area contributed by atoms with Crippen LogP contribution in [0.5, 0.6) is 0 Å². The van der Waals surface area contributed by atoms with Gasteiger partial charge in [-0.15, -0.1) is 6.58 Å². The summed E-state index contributed by atoms with van der Waals surface area (Å²) in [4.78, 5) is 2.16. The molecular formula is C7H15N. The lowest BCUT2D eigenvalue weighted by Gasteiger charge is -2.11. The summed E-state index contributed by atoms with van der Waals surface area (Å²) in [5, 5.41) is 0. The molecule has 1 nitrogen and oxygen atoms in total. The van der Waals surface area contributed by atoms with Crippen LogP contribution in [0, 0.1) is 5.92 Å². The standard InChI is InChI=1S/C7H15N/c1-5-7(2)6-8(3)4/h5,7H,1,6H2,2-4H3/t7-/m0/s1. The van der Waals surface area contributed by atoms with Crippen LogP contribution in [0.2, 0.25) is 0 Å². The van der Waals surface area contributed by atoms with Gasteiger partial charge >= 0.3 is 0 Å². The largest absolute Gasteiger partial charge is 0.309 e. The molecule has 0 aliphatic rings. The minimum Gasteiger partial charge on any atom is -0.309 e. The normalized spacial score (nSPS) is 14.0. The summed E-state index contributed by atoms with van der Waals surface area (Å²) in [6, 6.07) is 0. The Bertz CT molecular complexity index is 66.8. The first-order valence-corrected chi connectivity index (χ1v) is 2.94. The van der Waals surface area contributed by atoms with Crippen LogP contribution >= 0.6 is 0 Å². The maximum atomic E-state index is 3.69. The molecule has 0 aromatic carbocycles. The van der Waals surface area contributed by atoms with Gasteiger partial charge in [0, 0.05) is 6.54 Å². The van der Waals surface area contributed by atoms with Crippen LogP contribution < -0.4 is 0 Å². The van der Waals surface area contributed by atoms with Gasteiger partial charge in [0.15, 0.2) is 0 Å². The van der Waals surface area contributed by atoms with Crippen LogP contribution in [0.15, 0.2) is 12.7 Å². The maximum Gasteiger partial charge on any atom is 0.00355 e. The van der Waals surface area contributed by atoms with Crippen LogP contribution in [-0.2, 0) is 0 Å². The van der Waals surface area contributed by atoms with E-state index in [0.717, 1.165) is 6.54 Å². The predicted molar refractivity (Wildman–Crippen MR) is 37.9 cm³/mol. The molecule has 0 N–H and O–H groups in total. The Morgan fingerprint density at radius 3 is 2.25 bits per heavy atom. The Balaban J connectivity index is 3.23. The van der Waals surface area contributed by atoms with Gasteiger partial charge in [-0.25, -0.2) is 0 Å². The Morgan fingerprint density at radius 2 is 2.12 bits per heavy atom. The first kappa shape index (κ1) is 7.70. The first-order chi connectivity index (χ1) is 3.66. The number of hydrogen-bond donors (Lipinski definition) is 0. The van der Waals surface area contributed by atoms with E-state index >= 15 is 0 Å². The van der Waals surface area contributed by atoms with Crippen molar-refractivity contribution in [3.05, 3.63) is 12.7 Å². The highest BCUT2D eigenvalue weighted by Gasteiger charge is 1.94. The molecule has 0 aliphatic heterocycles. The summed E-state index contributed by atoms with van der Waals surface area (Å²) in [6.07, 6.45) is 1.97. The monoisotopic (exact) mass is 113 g/mol. The van der Waals surface area contributed by atoms with Crippen LogP contribution in [0.1, 0.15) is 6.92 Å². The Labute approximate surface area is 52.0 Å². The third kappa shape index (κ3) is 3.88. The molecule has 48 valence electrons. The van der Waals surface area contributed by atoms with E-state index < -0.39 is 0 Å². The quantitative estimate of drug-likeness (QED) is 0.500. The molecule has 0 spiro atoms. The van der Waals surface area contributed by atoms with Gasteiger partial charge in [-0.1, -0.05) is 13.0 Å². The molecular weight excluding hydrogens is 98.1 g/mol. The van der Waals surface area contributed by atoms with Gasteiger partial charge in [0.1, 0.15) is 0 Å². The van der Waals surface area contributed by atoms with Crippen molar-refractivity contribution < 1.29 is 0 Å². The molecule has 0 radical (unpaired) electrons. The van der Waals surface area contributed by atoms with Crippen LogP contribution in [0.4, 0.5) is 0 Å². The Morgan fingerprint density at radius 1 is 1.62 bits per heavy atom. The summed E-state index contributed by atoms with van der Waals surface area (Å²) >= 11 is 0. The van der Waals surface area contributed by atoms with E-state index in [-0.39, 0.29) is 0 Å². The minimum absolute atomic E-state index is 0.616. The number of hydrogen-bond acceptors (Lipinski definition) is 1. The van der Waals surface area contributed by atoms with Crippen LogP contribution in [0.3, 0.4) is 0 Å². The summed E-state index contributed by atoms with van der Waals surface area (Å²) in [5.74, 6) is 0.616. The molecule has 0 fully saturated rings. The average molecular weight is 113 g/mol. The smallest absolute Gasteiger partial charge is 0.00355 e. The molecule has 0 heterocycles. The fourth-order valence-corrected chi connectivity index (χ4v) is 0.651. The molecule has 0 rings (SSSR count). The van der Waals surface area contributed by atoms with Gasteiger partial charge in [0.2, 0.25) is 0 Å². The van der Waals surface area contributed by atoms with E-state index in [4.69, 9.17) is 0 Å². The topological polar surface area (TPSA) is 3.24 Å². The van der Waals surface area contributed by atoms with Crippen molar-refractivity contribution in [2.24, 2.45) is 5.92 Å². The SMILES string of the molecule is C=C[C@H](C)CN(C)C. The van der Waals surface area contributed by atoms with Gasteiger partial charge in [0.25, 0.3) is 0 Å². The van der Waals surface area contributed by atoms with Crippen molar-refractivity contribution >= 4 is 0 Å². The van der Waals surface area contributed by atoms with Crippen molar-refractivity contribution in [2.45, 2.75) is 6.92 Å². The summed E-state index contributed by atoms with van der Waals surface area (Å²) in [6.45, 7) is 6.95. The zero-order chi connectivity index (χ0) is 6.57. The van der Waals surface area contributed by atoms with E-state index in [2.05, 4.69) is 32.5 Å². The van der Waals surface area contributed by atoms with Gasteiger partial charge in [-0.05, 0) is 20.0 Å². The highest BCUT2D eigenvalue weighted by molar-refractivity contribution is 4.76. The van der Waals surface area contributed by atoms with Gasteiger partial charge in [-0.3, -0.25) is 0 Å². The van der Waals surface area contributed by atoms with Crippen molar-refractivity contribution in [1.82, 2.24) is 4.90 Å². The van der Waals surface area contributed by atoms with E-state index in [1.165, 1.54) is 0 Å². The zero-order valence-electron chi connectivity index (χ0n) is 6.02. The van der Waals surface area contributed by atoms with Gasteiger partial charge < -0.3 is 4.90 Å². The maximum absolute atomic E-state index is 3.69. The zero-order valence-corrected chi connectivity index (χ0v) is 6.02. The van der Waals surface area contributed by atoms with E-state index in [9.17, 15) is 0 Å². The van der Waals surface area contributed by atoms with Crippen molar-refractivity contribution in [2.75, 3.05) is 20.6 Å². The third-order valence-electron chi connectivity index (χ3n) is 1.06. The lowest BCUT2D eigenvalue weighted by molar-refractivity contribution is 0.371. The molecule has 0 aromatic rings. The van der Waals surface area contributed by atoms with E-state index in [1.807, 2.05) is 6.08 Å². The highest BCUT2D eigenvalue weighted by Crippen LogP contribution is 1.94. The fourth-order valence-electron chi connectivity index (χ4n) is 0.651. The van der Waals surface area contributed by atoms with Crippen LogP contribution in [0.25, 0.3) is 0 Å². The first-order valence-electron chi connectivity index (χ1n) is 2.94. The Hall–Kier alpha value is -0.300. The molecule has 0 saturated carbocycles. The molecule has 0 aliphatic carbocycles. The summed E-state index contributed by atoms with van der Waals surface area (Å²) in [5.41, 5.74) is 0. The fraction of sp³-hybridized carbons (Fsp3) is 0.714. The molecule has 1 heteroatoms. The predicted octanol–water partition coefficient (Wildman–Crippen LogP) is 1.37. The molecule has 1 atom stereocenters. The molecule has 0 bridgehead atoms. The number of nitrogens with zero attached hydrogens (tertiary/aromatic N) is 1. The molecule has 0 aromatic heterocycles. The second-order valence-corrected chi connectivity index (χ2v) is 2.48.